The van der Waals surface area contributed by atoms with E-state index in [1.54, 1.807) is 0 Å². The van der Waals surface area contributed by atoms with Gasteiger partial charge in [-0.15, -0.1) is 0 Å². The molecule has 2 aromatic rings. The van der Waals surface area contributed by atoms with Crippen LogP contribution in [0.5, 0.6) is 11.5 Å². The second kappa shape index (κ2) is 6.61. The predicted octanol–water partition coefficient (Wildman–Crippen LogP) is 5.94. The largest absolute Gasteiger partial charge is 0.459 e. The third-order valence-corrected chi connectivity index (χ3v) is 4.32. The normalized spacial score (nSPS) is 21.9. The van der Waals surface area contributed by atoms with E-state index < -0.39 is 52.9 Å². The van der Waals surface area contributed by atoms with Crippen LogP contribution in [-0.4, -0.2) is 22.3 Å². The Morgan fingerprint density at radius 3 is 2.36 bits per heavy atom. The van der Waals surface area contributed by atoms with Crippen molar-refractivity contribution in [2.75, 3.05) is 0 Å². The lowest BCUT2D eigenvalue weighted by Crippen LogP contribution is -2.36. The lowest BCUT2D eigenvalue weighted by atomic mass is 9.97. The minimum Gasteiger partial charge on any atom is -0.455 e. The third kappa shape index (κ3) is 3.02. The van der Waals surface area contributed by atoms with Gasteiger partial charge in [0.25, 0.3) is 0 Å². The van der Waals surface area contributed by atoms with Crippen molar-refractivity contribution < 1.29 is 35.5 Å². The van der Waals surface area contributed by atoms with Crippen molar-refractivity contribution in [3.63, 3.8) is 0 Å². The van der Waals surface area contributed by atoms with Crippen molar-refractivity contribution in [2.24, 2.45) is 0 Å². The summed E-state index contributed by atoms with van der Waals surface area (Å²) < 4.78 is 100. The molecule has 0 N–H and O–H groups in total. The van der Waals surface area contributed by atoms with Crippen LogP contribution in [-0.2, 0) is 5.92 Å². The van der Waals surface area contributed by atoms with E-state index >= 15 is 0 Å². The molecule has 0 fully saturated rings. The SMILES string of the molecule is [C-]#[N+]c1cncc(Oc2cnc(C(F)(F)C(F)(F)F)c3c2[C@@H](F)[C@@H](F)[C@H]3C)c1. The number of rotatable bonds is 3. The Labute approximate surface area is 153 Å². The van der Waals surface area contributed by atoms with Crippen LogP contribution < -0.4 is 4.74 Å². The Bertz CT molecular complexity index is 955. The molecule has 0 saturated carbocycles. The molecule has 0 amide bonds. The van der Waals surface area contributed by atoms with E-state index in [4.69, 9.17) is 11.3 Å². The first kappa shape index (κ1) is 19.9. The number of hydrogen-bond donors (Lipinski definition) is 0. The molecule has 3 atom stereocenters. The van der Waals surface area contributed by atoms with Crippen molar-refractivity contribution in [1.29, 1.82) is 0 Å². The maximum atomic E-state index is 14.5. The summed E-state index contributed by atoms with van der Waals surface area (Å²) in [6.07, 6.45) is -8.05. The average Bonchev–Trinajstić information content (AvgIpc) is 2.86. The summed E-state index contributed by atoms with van der Waals surface area (Å²) in [7, 11) is 0. The van der Waals surface area contributed by atoms with Gasteiger partial charge in [0.05, 0.1) is 19.0 Å². The molecule has 0 spiro atoms. The van der Waals surface area contributed by atoms with Gasteiger partial charge < -0.3 is 4.74 Å². The number of ether oxygens (including phenoxy) is 1. The zero-order chi connectivity index (χ0) is 20.9. The molecule has 0 unspecified atom stereocenters. The van der Waals surface area contributed by atoms with Gasteiger partial charge in [-0.3, -0.25) is 9.97 Å². The summed E-state index contributed by atoms with van der Waals surface area (Å²) in [5.74, 6) is -7.65. The second-order valence-electron chi connectivity index (χ2n) is 6.10. The molecule has 1 aliphatic carbocycles. The van der Waals surface area contributed by atoms with Crippen LogP contribution in [0.3, 0.4) is 0 Å². The summed E-state index contributed by atoms with van der Waals surface area (Å²) in [4.78, 5) is 9.92. The zero-order valence-corrected chi connectivity index (χ0v) is 13.9. The molecule has 2 heterocycles. The van der Waals surface area contributed by atoms with Crippen LogP contribution in [0.4, 0.5) is 36.4 Å². The van der Waals surface area contributed by atoms with E-state index in [-0.39, 0.29) is 11.4 Å². The van der Waals surface area contributed by atoms with Crippen molar-refractivity contribution in [3.8, 4) is 11.5 Å². The van der Waals surface area contributed by atoms with Crippen LogP contribution in [0.15, 0.2) is 24.7 Å². The Balaban J connectivity index is 2.17. The molecule has 0 saturated heterocycles. The molecule has 148 valence electrons. The van der Waals surface area contributed by atoms with Gasteiger partial charge in [0.15, 0.2) is 11.9 Å². The van der Waals surface area contributed by atoms with Crippen molar-refractivity contribution in [3.05, 3.63) is 52.9 Å². The number of hydrogen-bond acceptors (Lipinski definition) is 3. The van der Waals surface area contributed by atoms with E-state index in [2.05, 4.69) is 14.8 Å². The number of pyridine rings is 2. The molecular formula is C17H10F7N3O. The maximum Gasteiger partial charge on any atom is 0.459 e. The monoisotopic (exact) mass is 405 g/mol. The van der Waals surface area contributed by atoms with Crippen molar-refractivity contribution >= 4 is 5.69 Å². The quantitative estimate of drug-likeness (QED) is 0.469. The predicted molar refractivity (Wildman–Crippen MR) is 81.9 cm³/mol. The van der Waals surface area contributed by atoms with Gasteiger partial charge >= 0.3 is 12.1 Å². The van der Waals surface area contributed by atoms with Crippen LogP contribution in [0.25, 0.3) is 4.85 Å². The smallest absolute Gasteiger partial charge is 0.455 e. The van der Waals surface area contributed by atoms with Gasteiger partial charge in [0.1, 0.15) is 17.6 Å². The topological polar surface area (TPSA) is 39.4 Å². The molecule has 0 aliphatic heterocycles. The van der Waals surface area contributed by atoms with Crippen LogP contribution in [0.1, 0.15) is 35.8 Å². The van der Waals surface area contributed by atoms with Crippen LogP contribution in [0, 0.1) is 6.57 Å². The van der Waals surface area contributed by atoms with E-state index in [1.165, 1.54) is 12.3 Å². The molecule has 11 heteroatoms. The Morgan fingerprint density at radius 2 is 1.75 bits per heavy atom. The van der Waals surface area contributed by atoms with Crippen LogP contribution in [0.2, 0.25) is 0 Å². The fraction of sp³-hybridized carbons (Fsp3) is 0.353. The van der Waals surface area contributed by atoms with Gasteiger partial charge in [-0.2, -0.15) is 22.0 Å². The molecule has 1 aliphatic rings. The first-order valence-electron chi connectivity index (χ1n) is 7.75. The van der Waals surface area contributed by atoms with Crippen LogP contribution >= 0.6 is 0 Å². The van der Waals surface area contributed by atoms with Crippen molar-refractivity contribution in [2.45, 2.75) is 37.3 Å². The lowest BCUT2D eigenvalue weighted by molar-refractivity contribution is -0.291. The summed E-state index contributed by atoms with van der Waals surface area (Å²) in [5.41, 5.74) is -3.36. The van der Waals surface area contributed by atoms with Gasteiger partial charge in [0.2, 0.25) is 5.69 Å². The van der Waals surface area contributed by atoms with Gasteiger partial charge in [-0.25, -0.2) is 13.6 Å². The number of fused-ring (bicyclic) bond motifs is 1. The molecule has 3 rings (SSSR count). The summed E-state index contributed by atoms with van der Waals surface area (Å²) in [6, 6.07) is 1.18. The molecule has 0 bridgehead atoms. The second-order valence-corrected chi connectivity index (χ2v) is 6.10. The van der Waals surface area contributed by atoms with E-state index in [9.17, 15) is 30.7 Å². The highest BCUT2D eigenvalue weighted by Gasteiger charge is 2.62. The molecule has 4 nitrogen and oxygen atoms in total. The number of alkyl halides is 7. The fourth-order valence-electron chi connectivity index (χ4n) is 2.96. The zero-order valence-electron chi connectivity index (χ0n) is 13.9. The van der Waals surface area contributed by atoms with E-state index in [0.717, 1.165) is 13.1 Å². The summed E-state index contributed by atoms with van der Waals surface area (Å²) in [6.45, 7) is 7.89. The summed E-state index contributed by atoms with van der Waals surface area (Å²) >= 11 is 0. The molecule has 0 aromatic carbocycles. The Morgan fingerprint density at radius 1 is 1.07 bits per heavy atom. The molecular weight excluding hydrogens is 395 g/mol. The minimum atomic E-state index is -6.00. The molecule has 2 aromatic heterocycles. The third-order valence-electron chi connectivity index (χ3n) is 4.32. The number of halogens is 7. The lowest BCUT2D eigenvalue weighted by Gasteiger charge is -2.23. The molecule has 0 radical (unpaired) electrons. The van der Waals surface area contributed by atoms with Gasteiger partial charge in [0, 0.05) is 17.7 Å². The average molecular weight is 405 g/mol. The molecule has 28 heavy (non-hydrogen) atoms. The highest BCUT2D eigenvalue weighted by Crippen LogP contribution is 2.54. The number of aromatic nitrogens is 2. The maximum absolute atomic E-state index is 14.5. The minimum absolute atomic E-state index is 0.0378. The first-order valence-corrected chi connectivity index (χ1v) is 7.75. The van der Waals surface area contributed by atoms with Gasteiger partial charge in [-0.1, -0.05) is 6.92 Å². The summed E-state index contributed by atoms with van der Waals surface area (Å²) in [5, 5.41) is 0. The Hall–Kier alpha value is -2.90. The van der Waals surface area contributed by atoms with E-state index in [1.807, 2.05) is 0 Å². The fourth-order valence-corrected chi connectivity index (χ4v) is 2.96. The van der Waals surface area contributed by atoms with Crippen molar-refractivity contribution in [1.82, 2.24) is 9.97 Å². The number of nitrogens with zero attached hydrogens (tertiary/aromatic N) is 3. The van der Waals surface area contributed by atoms with Gasteiger partial charge in [-0.05, 0) is 11.6 Å². The highest BCUT2D eigenvalue weighted by molar-refractivity contribution is 5.53. The Kier molecular flexibility index (Phi) is 4.69. The standard InChI is InChI=1S/C17H10F7N3O/c1-7-11-12(14(19)13(7)18)10(28-9-3-8(25-2)4-26-5-9)6-27-15(11)16(20,21)17(22,23)24/h3-7,13-14H,1H3/t7-,13-,14+/m0/s1. The first-order chi connectivity index (χ1) is 13.0. The van der Waals surface area contributed by atoms with E-state index in [0.29, 0.717) is 6.20 Å². The highest BCUT2D eigenvalue weighted by atomic mass is 19.4.